The van der Waals surface area contributed by atoms with Gasteiger partial charge in [0.1, 0.15) is 0 Å². The fourth-order valence-corrected chi connectivity index (χ4v) is 1.77. The van der Waals surface area contributed by atoms with Crippen molar-refractivity contribution in [2.45, 2.75) is 59.1 Å². The Morgan fingerprint density at radius 1 is 1.33 bits per heavy atom. The molecular formula is C13H22N4O. The van der Waals surface area contributed by atoms with Gasteiger partial charge in [-0.2, -0.15) is 5.26 Å². The second kappa shape index (κ2) is 7.12. The molecule has 0 aliphatic heterocycles. The first kappa shape index (κ1) is 14.7. The highest BCUT2D eigenvalue weighted by Crippen LogP contribution is 2.13. The van der Waals surface area contributed by atoms with Gasteiger partial charge in [-0.25, -0.2) is 4.68 Å². The Bertz CT molecular complexity index is 404. The Balaban J connectivity index is 2.78. The van der Waals surface area contributed by atoms with Gasteiger partial charge in [0.25, 0.3) is 0 Å². The van der Waals surface area contributed by atoms with Gasteiger partial charge in [0.05, 0.1) is 30.0 Å². The van der Waals surface area contributed by atoms with Gasteiger partial charge in [0.15, 0.2) is 0 Å². The molecule has 1 heterocycles. The maximum Gasteiger partial charge on any atom is 0.0999 e. The molecule has 0 bridgehead atoms. The summed E-state index contributed by atoms with van der Waals surface area (Å²) in [6.07, 6.45) is 2.57. The van der Waals surface area contributed by atoms with Crippen LogP contribution in [0.3, 0.4) is 0 Å². The van der Waals surface area contributed by atoms with Gasteiger partial charge in [-0.15, -0.1) is 5.10 Å². The van der Waals surface area contributed by atoms with Crippen LogP contribution in [0.5, 0.6) is 0 Å². The molecule has 0 saturated heterocycles. The summed E-state index contributed by atoms with van der Waals surface area (Å²) in [6.45, 7) is 6.77. The molecule has 5 heteroatoms. The first-order chi connectivity index (χ1) is 8.54. The number of aliphatic hydroxyl groups excluding tert-OH is 1. The third kappa shape index (κ3) is 4.46. The van der Waals surface area contributed by atoms with Crippen molar-refractivity contribution < 1.29 is 5.11 Å². The van der Waals surface area contributed by atoms with Crippen molar-refractivity contribution in [2.24, 2.45) is 5.92 Å². The van der Waals surface area contributed by atoms with Crippen molar-refractivity contribution in [1.29, 1.82) is 5.26 Å². The maximum absolute atomic E-state index is 9.32. The number of nitrogens with zero attached hydrogens (tertiary/aromatic N) is 4. The normalized spacial score (nSPS) is 12.7. The van der Waals surface area contributed by atoms with Crippen LogP contribution >= 0.6 is 0 Å². The number of rotatable bonds is 7. The lowest BCUT2D eigenvalue weighted by molar-refractivity contribution is 0.175. The van der Waals surface area contributed by atoms with Crippen LogP contribution in [0.4, 0.5) is 0 Å². The highest BCUT2D eigenvalue weighted by atomic mass is 16.3. The van der Waals surface area contributed by atoms with Crippen molar-refractivity contribution in [2.75, 3.05) is 0 Å². The van der Waals surface area contributed by atoms with Crippen LogP contribution in [0.2, 0.25) is 0 Å². The predicted octanol–water partition coefficient (Wildman–Crippen LogP) is 1.70. The minimum atomic E-state index is -0.341. The Labute approximate surface area is 108 Å². The van der Waals surface area contributed by atoms with Gasteiger partial charge in [0, 0.05) is 6.54 Å². The smallest absolute Gasteiger partial charge is 0.0999 e. The molecule has 0 spiro atoms. The van der Waals surface area contributed by atoms with Gasteiger partial charge in [-0.1, -0.05) is 19.1 Å². The number of hydrogen-bond acceptors (Lipinski definition) is 4. The van der Waals surface area contributed by atoms with Crippen LogP contribution in [-0.2, 0) is 19.4 Å². The van der Waals surface area contributed by atoms with Gasteiger partial charge in [0.2, 0.25) is 0 Å². The molecule has 0 amide bonds. The first-order valence-electron chi connectivity index (χ1n) is 6.50. The lowest BCUT2D eigenvalue weighted by atomic mass is 10.0. The summed E-state index contributed by atoms with van der Waals surface area (Å²) in [5.41, 5.74) is 1.83. The molecule has 1 aromatic rings. The van der Waals surface area contributed by atoms with Crippen LogP contribution in [0.15, 0.2) is 0 Å². The Morgan fingerprint density at radius 3 is 2.61 bits per heavy atom. The van der Waals surface area contributed by atoms with Crippen molar-refractivity contribution in [1.82, 2.24) is 15.0 Å². The molecule has 1 unspecified atom stereocenters. The topological polar surface area (TPSA) is 74.7 Å². The zero-order chi connectivity index (χ0) is 13.5. The molecule has 1 aromatic heterocycles. The van der Waals surface area contributed by atoms with Crippen LogP contribution in [-0.4, -0.2) is 26.2 Å². The molecule has 5 nitrogen and oxygen atoms in total. The highest BCUT2D eigenvalue weighted by molar-refractivity contribution is 5.14. The summed E-state index contributed by atoms with van der Waals surface area (Å²) in [5, 5.41) is 26.3. The van der Waals surface area contributed by atoms with Crippen molar-refractivity contribution in [3.05, 3.63) is 11.4 Å². The lowest BCUT2D eigenvalue weighted by Gasteiger charge is -2.10. The van der Waals surface area contributed by atoms with Crippen LogP contribution in [0, 0.1) is 17.2 Å². The van der Waals surface area contributed by atoms with Gasteiger partial charge in [-0.05, 0) is 32.1 Å². The number of hydrogen-bond donors (Lipinski definition) is 1. The summed E-state index contributed by atoms with van der Waals surface area (Å²) in [7, 11) is 0. The van der Waals surface area contributed by atoms with Crippen LogP contribution in [0.25, 0.3) is 0 Å². The SMILES string of the molecule is CC(C)CCc1c(CC#N)nnn1CCC(C)O. The second-order valence-corrected chi connectivity index (χ2v) is 5.11. The Kier molecular flexibility index (Phi) is 5.79. The zero-order valence-corrected chi connectivity index (χ0v) is 11.4. The molecule has 0 radical (unpaired) electrons. The molecule has 0 aromatic carbocycles. The number of aromatic nitrogens is 3. The number of aliphatic hydroxyl groups is 1. The molecular weight excluding hydrogens is 228 g/mol. The molecule has 1 atom stereocenters. The quantitative estimate of drug-likeness (QED) is 0.799. The Hall–Kier alpha value is -1.41. The summed E-state index contributed by atoms with van der Waals surface area (Å²) >= 11 is 0. The van der Waals surface area contributed by atoms with Crippen LogP contribution in [0.1, 0.15) is 45.0 Å². The van der Waals surface area contributed by atoms with E-state index in [1.54, 1.807) is 6.92 Å². The average molecular weight is 250 g/mol. The highest BCUT2D eigenvalue weighted by Gasteiger charge is 2.13. The summed E-state index contributed by atoms with van der Waals surface area (Å²) < 4.78 is 1.84. The van der Waals surface area contributed by atoms with Crippen LogP contribution < -0.4 is 0 Å². The van der Waals surface area contributed by atoms with E-state index in [2.05, 4.69) is 30.2 Å². The fourth-order valence-electron chi connectivity index (χ4n) is 1.77. The fraction of sp³-hybridized carbons (Fsp3) is 0.769. The van der Waals surface area contributed by atoms with Gasteiger partial charge < -0.3 is 5.11 Å². The van der Waals surface area contributed by atoms with Crippen molar-refractivity contribution in [3.8, 4) is 6.07 Å². The molecule has 18 heavy (non-hydrogen) atoms. The largest absolute Gasteiger partial charge is 0.393 e. The number of nitriles is 1. The third-order valence-electron chi connectivity index (χ3n) is 2.88. The monoisotopic (exact) mass is 250 g/mol. The van der Waals surface area contributed by atoms with E-state index < -0.39 is 0 Å². The molecule has 0 aliphatic carbocycles. The predicted molar refractivity (Wildman–Crippen MR) is 68.8 cm³/mol. The minimum absolute atomic E-state index is 0.308. The van der Waals surface area contributed by atoms with E-state index >= 15 is 0 Å². The lowest BCUT2D eigenvalue weighted by Crippen LogP contribution is -2.12. The van der Waals surface area contributed by atoms with Crippen molar-refractivity contribution in [3.63, 3.8) is 0 Å². The van der Waals surface area contributed by atoms with E-state index in [-0.39, 0.29) is 6.10 Å². The van der Waals surface area contributed by atoms with Gasteiger partial charge >= 0.3 is 0 Å². The van der Waals surface area contributed by atoms with E-state index in [1.807, 2.05) is 4.68 Å². The summed E-state index contributed by atoms with van der Waals surface area (Å²) in [4.78, 5) is 0. The summed E-state index contributed by atoms with van der Waals surface area (Å²) in [5.74, 6) is 0.611. The third-order valence-corrected chi connectivity index (χ3v) is 2.88. The van der Waals surface area contributed by atoms with Crippen molar-refractivity contribution >= 4 is 0 Å². The maximum atomic E-state index is 9.32. The molecule has 100 valence electrons. The molecule has 1 N–H and O–H groups in total. The van der Waals surface area contributed by atoms with E-state index in [0.29, 0.717) is 25.3 Å². The number of aryl methyl sites for hydroxylation is 1. The summed E-state index contributed by atoms with van der Waals surface area (Å²) in [6, 6.07) is 2.13. The minimum Gasteiger partial charge on any atom is -0.393 e. The Morgan fingerprint density at radius 2 is 2.06 bits per heavy atom. The standard InChI is InChI=1S/C13H22N4O/c1-10(2)4-5-13-12(6-8-14)15-16-17(13)9-7-11(3)18/h10-11,18H,4-7,9H2,1-3H3. The molecule has 1 rings (SSSR count). The van der Waals surface area contributed by atoms with E-state index in [0.717, 1.165) is 24.2 Å². The molecule has 0 aliphatic rings. The van der Waals surface area contributed by atoms with E-state index in [9.17, 15) is 5.11 Å². The average Bonchev–Trinajstić information content (AvgIpc) is 2.66. The zero-order valence-electron chi connectivity index (χ0n) is 11.4. The second-order valence-electron chi connectivity index (χ2n) is 5.11. The van der Waals surface area contributed by atoms with E-state index in [4.69, 9.17) is 5.26 Å². The molecule has 0 saturated carbocycles. The first-order valence-corrected chi connectivity index (χ1v) is 6.50. The molecule has 0 fully saturated rings. The van der Waals surface area contributed by atoms with Gasteiger partial charge in [-0.3, -0.25) is 0 Å². The van der Waals surface area contributed by atoms with E-state index in [1.165, 1.54) is 0 Å².